The molecule has 1 aliphatic heterocycles. The van der Waals surface area contributed by atoms with Crippen molar-refractivity contribution in [2.24, 2.45) is 0 Å². The molecule has 1 saturated heterocycles. The van der Waals surface area contributed by atoms with Crippen molar-refractivity contribution < 1.29 is 18.1 Å². The lowest BCUT2D eigenvalue weighted by Gasteiger charge is -2.13. The molecule has 1 fully saturated rings. The largest absolute Gasteiger partial charge is 0.356 e. The van der Waals surface area contributed by atoms with E-state index in [-0.39, 0.29) is 23.4 Å². The standard InChI is InChI=1S/C15H16F2N4O2/c16-10-2-1-3-11(17)14(10)15-20-12(21-23-15)8-19-9-4-5-13(22)18-7-6-9/h1-3,9,19H,4-8H2,(H,18,22)/t9-/m0/s1. The van der Waals surface area contributed by atoms with Crippen LogP contribution in [0.1, 0.15) is 25.1 Å². The zero-order chi connectivity index (χ0) is 16.2. The third-order valence-electron chi connectivity index (χ3n) is 3.73. The second-order valence-corrected chi connectivity index (χ2v) is 5.37. The van der Waals surface area contributed by atoms with Crippen LogP contribution in [0.15, 0.2) is 22.7 Å². The number of nitrogens with one attached hydrogen (secondary N) is 2. The van der Waals surface area contributed by atoms with E-state index < -0.39 is 11.6 Å². The van der Waals surface area contributed by atoms with Gasteiger partial charge in [-0.1, -0.05) is 11.2 Å². The van der Waals surface area contributed by atoms with Gasteiger partial charge in [-0.05, 0) is 25.0 Å². The predicted molar refractivity (Wildman–Crippen MR) is 77.1 cm³/mol. The van der Waals surface area contributed by atoms with Crippen molar-refractivity contribution in [3.8, 4) is 11.5 Å². The number of rotatable bonds is 4. The molecule has 0 saturated carbocycles. The molecule has 1 aromatic heterocycles. The van der Waals surface area contributed by atoms with Gasteiger partial charge >= 0.3 is 0 Å². The average Bonchev–Trinajstić information content (AvgIpc) is 2.87. The van der Waals surface area contributed by atoms with Gasteiger partial charge in [-0.3, -0.25) is 4.79 Å². The molecule has 2 heterocycles. The van der Waals surface area contributed by atoms with Gasteiger partial charge in [0.1, 0.15) is 17.2 Å². The minimum atomic E-state index is -0.749. The van der Waals surface area contributed by atoms with Gasteiger partial charge in [0, 0.05) is 19.0 Å². The fourth-order valence-corrected chi connectivity index (χ4v) is 2.49. The second-order valence-electron chi connectivity index (χ2n) is 5.37. The molecule has 1 atom stereocenters. The molecule has 0 bridgehead atoms. The Hall–Kier alpha value is -2.35. The molecule has 6 nitrogen and oxygen atoms in total. The SMILES string of the molecule is O=C1CC[C@H](NCc2noc(-c3c(F)cccc3F)n2)CCN1. The third kappa shape index (κ3) is 3.70. The first kappa shape index (κ1) is 15.5. The van der Waals surface area contributed by atoms with E-state index in [4.69, 9.17) is 4.52 Å². The monoisotopic (exact) mass is 322 g/mol. The van der Waals surface area contributed by atoms with Crippen LogP contribution in [0.25, 0.3) is 11.5 Å². The van der Waals surface area contributed by atoms with Gasteiger partial charge in [0.05, 0.1) is 6.54 Å². The Morgan fingerprint density at radius 3 is 2.87 bits per heavy atom. The third-order valence-corrected chi connectivity index (χ3v) is 3.73. The van der Waals surface area contributed by atoms with E-state index in [0.717, 1.165) is 25.0 Å². The maximum Gasteiger partial charge on any atom is 0.263 e. The molecular formula is C15H16F2N4O2. The Kier molecular flexibility index (Phi) is 4.61. The Morgan fingerprint density at radius 2 is 2.09 bits per heavy atom. The molecule has 8 heteroatoms. The zero-order valence-electron chi connectivity index (χ0n) is 12.3. The van der Waals surface area contributed by atoms with Crippen molar-refractivity contribution in [3.63, 3.8) is 0 Å². The van der Waals surface area contributed by atoms with Gasteiger partial charge in [0.15, 0.2) is 5.82 Å². The molecule has 0 unspecified atom stereocenters. The van der Waals surface area contributed by atoms with Crippen LogP contribution < -0.4 is 10.6 Å². The van der Waals surface area contributed by atoms with Crippen molar-refractivity contribution in [2.45, 2.75) is 31.8 Å². The van der Waals surface area contributed by atoms with E-state index >= 15 is 0 Å². The summed E-state index contributed by atoms with van der Waals surface area (Å²) in [4.78, 5) is 15.3. The molecule has 0 aliphatic carbocycles. The van der Waals surface area contributed by atoms with E-state index in [1.54, 1.807) is 0 Å². The van der Waals surface area contributed by atoms with E-state index in [2.05, 4.69) is 20.8 Å². The van der Waals surface area contributed by atoms with E-state index in [9.17, 15) is 13.6 Å². The lowest BCUT2D eigenvalue weighted by molar-refractivity contribution is -0.120. The van der Waals surface area contributed by atoms with Gasteiger partial charge in [0.25, 0.3) is 5.89 Å². The highest BCUT2D eigenvalue weighted by Crippen LogP contribution is 2.24. The van der Waals surface area contributed by atoms with Crippen molar-refractivity contribution >= 4 is 5.91 Å². The van der Waals surface area contributed by atoms with Crippen LogP contribution in [0.3, 0.4) is 0 Å². The predicted octanol–water partition coefficient (Wildman–Crippen LogP) is 1.77. The summed E-state index contributed by atoms with van der Waals surface area (Å²) in [5, 5.41) is 9.76. The highest BCUT2D eigenvalue weighted by Gasteiger charge is 2.19. The first-order valence-corrected chi connectivity index (χ1v) is 7.40. The first-order chi connectivity index (χ1) is 11.1. The summed E-state index contributed by atoms with van der Waals surface area (Å²) >= 11 is 0. The van der Waals surface area contributed by atoms with Crippen LogP contribution in [0.2, 0.25) is 0 Å². The molecule has 1 amide bonds. The van der Waals surface area contributed by atoms with Gasteiger partial charge < -0.3 is 15.2 Å². The van der Waals surface area contributed by atoms with Crippen LogP contribution in [0, 0.1) is 11.6 Å². The molecule has 1 aliphatic rings. The quantitative estimate of drug-likeness (QED) is 0.897. The molecule has 0 radical (unpaired) electrons. The normalized spacial score (nSPS) is 18.5. The highest BCUT2D eigenvalue weighted by molar-refractivity contribution is 5.76. The molecule has 122 valence electrons. The van der Waals surface area contributed by atoms with Crippen molar-refractivity contribution in [1.82, 2.24) is 20.8 Å². The van der Waals surface area contributed by atoms with Crippen LogP contribution >= 0.6 is 0 Å². The van der Waals surface area contributed by atoms with Crippen LogP contribution in [-0.4, -0.2) is 28.6 Å². The number of halogens is 2. The van der Waals surface area contributed by atoms with Crippen LogP contribution in [-0.2, 0) is 11.3 Å². The smallest absolute Gasteiger partial charge is 0.263 e. The molecule has 23 heavy (non-hydrogen) atoms. The number of hydrogen-bond acceptors (Lipinski definition) is 5. The van der Waals surface area contributed by atoms with E-state index in [1.165, 1.54) is 6.07 Å². The van der Waals surface area contributed by atoms with Crippen molar-refractivity contribution in [3.05, 3.63) is 35.7 Å². The molecule has 2 N–H and O–H groups in total. The summed E-state index contributed by atoms with van der Waals surface area (Å²) in [6, 6.07) is 3.70. The van der Waals surface area contributed by atoms with E-state index in [1.807, 2.05) is 0 Å². The zero-order valence-corrected chi connectivity index (χ0v) is 12.3. The minimum Gasteiger partial charge on any atom is -0.356 e. The number of carbonyl (C=O) groups is 1. The molecular weight excluding hydrogens is 306 g/mol. The Morgan fingerprint density at radius 1 is 1.30 bits per heavy atom. The fourth-order valence-electron chi connectivity index (χ4n) is 2.49. The number of carbonyl (C=O) groups excluding carboxylic acids is 1. The van der Waals surface area contributed by atoms with Gasteiger partial charge in [-0.15, -0.1) is 0 Å². The summed E-state index contributed by atoms with van der Waals surface area (Å²) in [5.41, 5.74) is -0.324. The lowest BCUT2D eigenvalue weighted by Crippen LogP contribution is -2.29. The topological polar surface area (TPSA) is 80.1 Å². The summed E-state index contributed by atoms with van der Waals surface area (Å²) in [6.45, 7) is 0.923. The lowest BCUT2D eigenvalue weighted by atomic mass is 10.1. The highest BCUT2D eigenvalue weighted by atomic mass is 19.1. The van der Waals surface area contributed by atoms with Crippen LogP contribution in [0.4, 0.5) is 8.78 Å². The van der Waals surface area contributed by atoms with E-state index in [0.29, 0.717) is 25.3 Å². The maximum absolute atomic E-state index is 13.7. The fraction of sp³-hybridized carbons (Fsp3) is 0.400. The van der Waals surface area contributed by atoms with Crippen molar-refractivity contribution in [1.29, 1.82) is 0 Å². The van der Waals surface area contributed by atoms with Gasteiger partial charge in [0.2, 0.25) is 5.91 Å². The maximum atomic E-state index is 13.7. The summed E-state index contributed by atoms with van der Waals surface area (Å²) in [7, 11) is 0. The first-order valence-electron chi connectivity index (χ1n) is 7.40. The molecule has 3 rings (SSSR count). The Balaban J connectivity index is 1.65. The average molecular weight is 322 g/mol. The van der Waals surface area contributed by atoms with Crippen LogP contribution in [0.5, 0.6) is 0 Å². The molecule has 0 spiro atoms. The number of benzene rings is 1. The molecule has 2 aromatic rings. The number of hydrogen-bond donors (Lipinski definition) is 2. The number of nitrogens with zero attached hydrogens (tertiary/aromatic N) is 2. The Bertz CT molecular complexity index is 684. The van der Waals surface area contributed by atoms with Crippen molar-refractivity contribution in [2.75, 3.05) is 6.54 Å². The Labute approximate surface area is 131 Å². The summed E-state index contributed by atoms with van der Waals surface area (Å²) in [5.74, 6) is -1.32. The summed E-state index contributed by atoms with van der Waals surface area (Å²) < 4.78 is 32.3. The number of amides is 1. The molecule has 1 aromatic carbocycles. The number of aromatic nitrogens is 2. The minimum absolute atomic E-state index is 0.0474. The summed E-state index contributed by atoms with van der Waals surface area (Å²) in [6.07, 6.45) is 1.99. The van der Waals surface area contributed by atoms with Gasteiger partial charge in [-0.2, -0.15) is 4.98 Å². The second kappa shape index (κ2) is 6.82. The van der Waals surface area contributed by atoms with Gasteiger partial charge in [-0.25, -0.2) is 8.78 Å².